The maximum atomic E-state index is 13.2. The van der Waals surface area contributed by atoms with E-state index in [9.17, 15) is 9.59 Å². The molecule has 0 aliphatic rings. The molecule has 0 aliphatic carbocycles. The van der Waals surface area contributed by atoms with Gasteiger partial charge in [-0.1, -0.05) is 83.0 Å². The summed E-state index contributed by atoms with van der Waals surface area (Å²) >= 11 is 0. The van der Waals surface area contributed by atoms with Crippen LogP contribution in [-0.4, -0.2) is 30.9 Å². The number of benzene rings is 2. The number of Topliss-reactive ketones (excluding diaryl/α,β-unsaturated/α-hetero) is 1. The Morgan fingerprint density at radius 3 is 2.18 bits per heavy atom. The number of hydrogen-bond acceptors (Lipinski definition) is 4. The first-order chi connectivity index (χ1) is 16.3. The van der Waals surface area contributed by atoms with Crippen LogP contribution in [-0.2, 0) is 9.59 Å². The van der Waals surface area contributed by atoms with Gasteiger partial charge in [0.1, 0.15) is 11.5 Å². The van der Waals surface area contributed by atoms with Crippen molar-refractivity contribution in [2.24, 2.45) is 11.7 Å². The van der Waals surface area contributed by atoms with Crippen LogP contribution < -0.4 is 15.8 Å². The molecule has 1 amide bonds. The van der Waals surface area contributed by atoms with E-state index in [1.807, 2.05) is 68.4 Å². The number of nitrogens with one attached hydrogen (secondary N) is 1. The van der Waals surface area contributed by atoms with Crippen molar-refractivity contribution >= 4 is 11.7 Å². The highest BCUT2D eigenvalue weighted by Gasteiger charge is 2.23. The van der Waals surface area contributed by atoms with E-state index in [0.717, 1.165) is 36.1 Å². The standard InChI is InChI=1S/C29H42N2O3/c1-5-10-21(3)20-34-26-16-14-24(15-17-26)25(19-31-29(33)27(30)11-6-2)18-28(32)22(4)23-12-8-7-9-13-23/h7-9,12-17,21-22,25,27H,5-6,10-11,18-20,30H2,1-4H3,(H,31,33)/t21?,22-,25-,27+/m0/s1. The molecule has 5 nitrogen and oxygen atoms in total. The molecular formula is C29H42N2O3. The van der Waals surface area contributed by atoms with Crippen molar-refractivity contribution in [1.29, 1.82) is 0 Å². The van der Waals surface area contributed by atoms with Crippen LogP contribution in [0.4, 0.5) is 0 Å². The number of ether oxygens (including phenoxy) is 1. The first kappa shape index (κ1) is 27.6. The van der Waals surface area contributed by atoms with Gasteiger partial charge < -0.3 is 15.8 Å². The lowest BCUT2D eigenvalue weighted by Crippen LogP contribution is -2.42. The number of ketones is 1. The average molecular weight is 467 g/mol. The fourth-order valence-corrected chi connectivity index (χ4v) is 4.10. The highest BCUT2D eigenvalue weighted by Crippen LogP contribution is 2.27. The van der Waals surface area contributed by atoms with Gasteiger partial charge in [-0.3, -0.25) is 9.59 Å². The Kier molecular flexibility index (Phi) is 11.8. The first-order valence-corrected chi connectivity index (χ1v) is 12.7. The Balaban J connectivity index is 2.11. The summed E-state index contributed by atoms with van der Waals surface area (Å²) in [5.74, 6) is 0.978. The van der Waals surface area contributed by atoms with Crippen molar-refractivity contribution in [2.45, 2.75) is 77.7 Å². The first-order valence-electron chi connectivity index (χ1n) is 12.7. The highest BCUT2D eigenvalue weighted by molar-refractivity contribution is 5.86. The largest absolute Gasteiger partial charge is 0.493 e. The van der Waals surface area contributed by atoms with Gasteiger partial charge in [0.15, 0.2) is 0 Å². The average Bonchev–Trinajstić information content (AvgIpc) is 2.85. The number of nitrogens with two attached hydrogens (primary N) is 1. The topological polar surface area (TPSA) is 81.4 Å². The lowest BCUT2D eigenvalue weighted by Gasteiger charge is -2.21. The van der Waals surface area contributed by atoms with E-state index in [0.29, 0.717) is 31.9 Å². The molecular weight excluding hydrogens is 424 g/mol. The molecule has 34 heavy (non-hydrogen) atoms. The third kappa shape index (κ3) is 8.94. The summed E-state index contributed by atoms with van der Waals surface area (Å²) in [5, 5.41) is 2.97. The molecule has 3 N–H and O–H groups in total. The van der Waals surface area contributed by atoms with Gasteiger partial charge in [0.2, 0.25) is 5.91 Å². The molecule has 0 radical (unpaired) electrons. The Hall–Kier alpha value is -2.66. The molecule has 0 bridgehead atoms. The molecule has 0 aromatic heterocycles. The zero-order valence-corrected chi connectivity index (χ0v) is 21.3. The maximum absolute atomic E-state index is 13.2. The van der Waals surface area contributed by atoms with Crippen LogP contribution in [0.25, 0.3) is 0 Å². The molecule has 0 heterocycles. The smallest absolute Gasteiger partial charge is 0.236 e. The third-order valence-corrected chi connectivity index (χ3v) is 6.36. The lowest BCUT2D eigenvalue weighted by atomic mass is 9.87. The van der Waals surface area contributed by atoms with Crippen LogP contribution in [0.5, 0.6) is 5.75 Å². The summed E-state index contributed by atoms with van der Waals surface area (Å²) in [4.78, 5) is 25.6. The summed E-state index contributed by atoms with van der Waals surface area (Å²) in [5.41, 5.74) is 7.99. The Morgan fingerprint density at radius 1 is 0.912 bits per heavy atom. The van der Waals surface area contributed by atoms with Gasteiger partial charge in [-0.15, -0.1) is 0 Å². The second-order valence-electron chi connectivity index (χ2n) is 9.41. The van der Waals surface area contributed by atoms with Gasteiger partial charge in [0, 0.05) is 24.8 Å². The minimum atomic E-state index is -0.523. The monoisotopic (exact) mass is 466 g/mol. The van der Waals surface area contributed by atoms with Crippen molar-refractivity contribution in [3.8, 4) is 5.75 Å². The molecule has 0 saturated carbocycles. The fourth-order valence-electron chi connectivity index (χ4n) is 4.10. The van der Waals surface area contributed by atoms with E-state index < -0.39 is 6.04 Å². The van der Waals surface area contributed by atoms with Crippen LogP contribution >= 0.6 is 0 Å². The molecule has 4 atom stereocenters. The van der Waals surface area contributed by atoms with E-state index in [1.54, 1.807) is 0 Å². The molecule has 1 unspecified atom stereocenters. The van der Waals surface area contributed by atoms with Crippen molar-refractivity contribution in [3.05, 3.63) is 65.7 Å². The minimum absolute atomic E-state index is 0.135. The van der Waals surface area contributed by atoms with Gasteiger partial charge in [-0.05, 0) is 42.0 Å². The predicted octanol–water partition coefficient (Wildman–Crippen LogP) is 5.59. The molecule has 0 fully saturated rings. The molecule has 5 heteroatoms. The van der Waals surface area contributed by atoms with Gasteiger partial charge >= 0.3 is 0 Å². The normalized spacial score (nSPS) is 14.6. The quantitative estimate of drug-likeness (QED) is 0.358. The predicted molar refractivity (Wildman–Crippen MR) is 139 cm³/mol. The zero-order valence-electron chi connectivity index (χ0n) is 21.3. The van der Waals surface area contributed by atoms with Crippen LogP contribution in [0.15, 0.2) is 54.6 Å². The number of carbonyl (C=O) groups is 2. The van der Waals surface area contributed by atoms with E-state index >= 15 is 0 Å². The molecule has 0 aliphatic heterocycles. The number of hydrogen-bond donors (Lipinski definition) is 2. The van der Waals surface area contributed by atoms with E-state index in [-0.39, 0.29) is 23.5 Å². The summed E-state index contributed by atoms with van der Waals surface area (Å²) in [6.07, 6.45) is 4.12. The molecule has 186 valence electrons. The maximum Gasteiger partial charge on any atom is 0.236 e. The molecule has 2 aromatic rings. The van der Waals surface area contributed by atoms with Gasteiger partial charge in [-0.2, -0.15) is 0 Å². The van der Waals surface area contributed by atoms with E-state index in [4.69, 9.17) is 10.5 Å². The number of amides is 1. The molecule has 0 spiro atoms. The zero-order chi connectivity index (χ0) is 24.9. The van der Waals surface area contributed by atoms with Gasteiger partial charge in [0.25, 0.3) is 0 Å². The van der Waals surface area contributed by atoms with Crippen molar-refractivity contribution < 1.29 is 14.3 Å². The van der Waals surface area contributed by atoms with Crippen molar-refractivity contribution in [2.75, 3.05) is 13.2 Å². The number of carbonyl (C=O) groups excluding carboxylic acids is 2. The SMILES string of the molecule is CCCC(C)COc1ccc([C@H](CNC(=O)[C@H](N)CCC)CC(=O)[C@@H](C)c2ccccc2)cc1. The van der Waals surface area contributed by atoms with Crippen LogP contribution in [0, 0.1) is 5.92 Å². The summed E-state index contributed by atoms with van der Waals surface area (Å²) < 4.78 is 5.94. The van der Waals surface area contributed by atoms with Gasteiger partial charge in [-0.25, -0.2) is 0 Å². The van der Waals surface area contributed by atoms with Crippen LogP contribution in [0.2, 0.25) is 0 Å². The Morgan fingerprint density at radius 2 is 1.56 bits per heavy atom. The lowest BCUT2D eigenvalue weighted by molar-refractivity contribution is -0.123. The summed E-state index contributed by atoms with van der Waals surface area (Å²) in [6, 6.07) is 17.2. The van der Waals surface area contributed by atoms with E-state index in [1.165, 1.54) is 0 Å². The van der Waals surface area contributed by atoms with Crippen molar-refractivity contribution in [1.82, 2.24) is 5.32 Å². The fraction of sp³-hybridized carbons (Fsp3) is 0.517. The molecule has 0 saturated heterocycles. The molecule has 2 aromatic carbocycles. The second-order valence-corrected chi connectivity index (χ2v) is 9.41. The number of rotatable bonds is 15. The van der Waals surface area contributed by atoms with Crippen LogP contribution in [0.3, 0.4) is 0 Å². The van der Waals surface area contributed by atoms with Crippen LogP contribution in [0.1, 0.15) is 82.8 Å². The highest BCUT2D eigenvalue weighted by atomic mass is 16.5. The molecule has 2 rings (SSSR count). The summed E-state index contributed by atoms with van der Waals surface area (Å²) in [7, 11) is 0. The second kappa shape index (κ2) is 14.6. The summed E-state index contributed by atoms with van der Waals surface area (Å²) in [6.45, 7) is 9.38. The Bertz CT molecular complexity index is 867. The third-order valence-electron chi connectivity index (χ3n) is 6.36. The van der Waals surface area contributed by atoms with Gasteiger partial charge in [0.05, 0.1) is 12.6 Å². The Labute approximate surface area is 205 Å². The minimum Gasteiger partial charge on any atom is -0.493 e. The van der Waals surface area contributed by atoms with Crippen molar-refractivity contribution in [3.63, 3.8) is 0 Å². The van der Waals surface area contributed by atoms with E-state index in [2.05, 4.69) is 19.2 Å².